The molecular weight excluding hydrogens is 1000 g/mol. The Bertz CT molecular complexity index is 4790. The molecule has 0 radical (unpaired) electrons. The summed E-state index contributed by atoms with van der Waals surface area (Å²) in [4.78, 5) is 16.3. The van der Waals surface area contributed by atoms with Crippen molar-refractivity contribution in [2.24, 2.45) is 28.2 Å². The van der Waals surface area contributed by atoms with E-state index in [1.807, 2.05) is 35.2 Å². The molecule has 0 N–H and O–H groups in total. The van der Waals surface area contributed by atoms with Crippen LogP contribution in [-0.4, -0.2) is 34.8 Å². The molecule has 0 fully saturated rings. The van der Waals surface area contributed by atoms with E-state index in [0.717, 1.165) is 67.3 Å². The van der Waals surface area contributed by atoms with Crippen LogP contribution in [0.4, 0.5) is 0 Å². The van der Waals surface area contributed by atoms with E-state index in [1.54, 1.807) is 11.3 Å². The van der Waals surface area contributed by atoms with Gasteiger partial charge in [-0.1, -0.05) is 131 Å². The van der Waals surface area contributed by atoms with Gasteiger partial charge in [-0.2, -0.15) is 0 Å². The SMILES string of the molecule is Cc1ccc(-c2cccs2)cc1-c1nc2cc3ccccc3cc2n[n+]1C.Cc1ccc(C2=CCCC2)cc1-c1nc2cc3ccccc3cc2n[n+]1C.Cc1ccc2c(ccn2C)c1-c1nc2cc3ccccc3cc2n[n+]1C. The lowest BCUT2D eigenvalue weighted by Crippen LogP contribution is -2.37. The quantitative estimate of drug-likeness (QED) is 0.126. The molecule has 0 saturated carbocycles. The Kier molecular flexibility index (Phi) is 13.0. The zero-order chi connectivity index (χ0) is 54.6. The molecule has 0 unspecified atom stereocenters. The van der Waals surface area contributed by atoms with E-state index in [9.17, 15) is 0 Å². The number of hydrogen-bond acceptors (Lipinski definition) is 7. The zero-order valence-corrected chi connectivity index (χ0v) is 46.8. The number of benzene rings is 9. The highest BCUT2D eigenvalue weighted by Crippen LogP contribution is 2.34. The molecule has 80 heavy (non-hydrogen) atoms. The third-order valence-corrected chi connectivity index (χ3v) is 16.5. The lowest BCUT2D eigenvalue weighted by molar-refractivity contribution is -0.720. The van der Waals surface area contributed by atoms with Gasteiger partial charge in [0.05, 0.1) is 16.7 Å². The Morgan fingerprint density at radius 3 is 1.38 bits per heavy atom. The number of nitrogens with zero attached hydrogens (tertiary/aromatic N) is 10. The Hall–Kier alpha value is -9.45. The highest BCUT2D eigenvalue weighted by molar-refractivity contribution is 7.13. The third-order valence-electron chi connectivity index (χ3n) is 15.6. The molecule has 14 aromatic rings. The lowest BCUT2D eigenvalue weighted by Gasteiger charge is -2.08. The summed E-state index contributed by atoms with van der Waals surface area (Å²) in [5, 5.41) is 24.8. The van der Waals surface area contributed by atoms with Gasteiger partial charge < -0.3 is 4.57 Å². The second kappa shape index (κ2) is 20.7. The highest BCUT2D eigenvalue weighted by Gasteiger charge is 2.25. The van der Waals surface area contributed by atoms with Crippen LogP contribution in [0.15, 0.2) is 194 Å². The van der Waals surface area contributed by atoms with Crippen LogP contribution in [0.2, 0.25) is 0 Å². The van der Waals surface area contributed by atoms with Crippen molar-refractivity contribution >= 4 is 93.2 Å². The fraction of sp³-hybridized carbons (Fsp3) is 0.145. The van der Waals surface area contributed by atoms with Gasteiger partial charge in [0.1, 0.15) is 21.1 Å². The molecule has 9 aromatic carbocycles. The summed E-state index contributed by atoms with van der Waals surface area (Å²) in [7, 11) is 7.99. The van der Waals surface area contributed by atoms with E-state index in [-0.39, 0.29) is 0 Å². The first-order valence-corrected chi connectivity index (χ1v) is 28.1. The number of aromatic nitrogens is 10. The molecule has 0 atom stereocenters. The molecule has 5 aromatic heterocycles. The molecule has 388 valence electrons. The van der Waals surface area contributed by atoms with Crippen molar-refractivity contribution in [3.05, 3.63) is 216 Å². The zero-order valence-electron chi connectivity index (χ0n) is 46.0. The summed E-state index contributed by atoms with van der Waals surface area (Å²) < 4.78 is 7.83. The summed E-state index contributed by atoms with van der Waals surface area (Å²) in [6.07, 6.45) is 8.08. The van der Waals surface area contributed by atoms with Crippen molar-refractivity contribution in [3.8, 4) is 44.6 Å². The van der Waals surface area contributed by atoms with Crippen LogP contribution in [0.25, 0.3) is 126 Å². The molecule has 0 bridgehead atoms. The maximum Gasteiger partial charge on any atom is 0.352 e. The van der Waals surface area contributed by atoms with Crippen LogP contribution in [-0.2, 0) is 28.2 Å². The first kappa shape index (κ1) is 50.1. The lowest BCUT2D eigenvalue weighted by atomic mass is 9.99. The molecule has 1 aliphatic carbocycles. The van der Waals surface area contributed by atoms with Crippen LogP contribution in [0.1, 0.15) is 41.5 Å². The first-order chi connectivity index (χ1) is 39.0. The van der Waals surface area contributed by atoms with Crippen molar-refractivity contribution in [1.29, 1.82) is 0 Å². The van der Waals surface area contributed by atoms with E-state index in [4.69, 9.17) is 30.2 Å². The molecule has 0 saturated heterocycles. The minimum absolute atomic E-state index is 0.883. The van der Waals surface area contributed by atoms with Gasteiger partial charge in [-0.25, -0.2) is 0 Å². The van der Waals surface area contributed by atoms with Crippen LogP contribution in [0.5, 0.6) is 0 Å². The van der Waals surface area contributed by atoms with Gasteiger partial charge in [-0.05, 0) is 193 Å². The first-order valence-electron chi connectivity index (χ1n) is 27.2. The molecule has 0 amide bonds. The van der Waals surface area contributed by atoms with Crippen molar-refractivity contribution in [1.82, 2.24) is 34.8 Å². The predicted molar refractivity (Wildman–Crippen MR) is 327 cm³/mol. The smallest absolute Gasteiger partial charge is 0.351 e. The van der Waals surface area contributed by atoms with Gasteiger partial charge in [0, 0.05) is 29.0 Å². The van der Waals surface area contributed by atoms with Crippen LogP contribution in [0, 0.1) is 20.8 Å². The van der Waals surface area contributed by atoms with Crippen LogP contribution < -0.4 is 14.0 Å². The molecule has 10 nitrogen and oxygen atoms in total. The van der Waals surface area contributed by atoms with Crippen molar-refractivity contribution in [3.63, 3.8) is 0 Å². The van der Waals surface area contributed by atoms with Crippen molar-refractivity contribution in [2.45, 2.75) is 40.0 Å². The predicted octanol–water partition coefficient (Wildman–Crippen LogP) is 14.5. The number of rotatable bonds is 5. The van der Waals surface area contributed by atoms with E-state index in [1.165, 1.54) is 101 Å². The van der Waals surface area contributed by atoms with E-state index in [2.05, 4.69) is 226 Å². The fourth-order valence-corrected chi connectivity index (χ4v) is 12.0. The summed E-state index contributed by atoms with van der Waals surface area (Å²) in [6.45, 7) is 6.41. The van der Waals surface area contributed by atoms with Crippen molar-refractivity contribution < 1.29 is 14.0 Å². The standard InChI is InChI=1S/C24H22N3.C23H18N3S.C22H19N4/c1-16-11-12-20(17-7-3-4-8-17)13-21(16)24-25-22-14-18-9-5-6-10-19(18)15-23(22)26-27(24)2;1-15-9-10-18(22-8-5-11-27-22)12-19(15)23-24-20-13-16-6-3-4-7-17(16)14-21(20)25-26(23)2;1-14-8-9-20-17(10-11-25(20)2)21(14)22-23-18-12-15-6-4-5-7-16(15)13-19(18)24-26(22)3/h5-7,9-15H,3-4,8H2,1-2H3;3-14H,1-2H3;4-13H,1-3H3/q3*+1. The maximum atomic E-state index is 5.01. The summed E-state index contributed by atoms with van der Waals surface area (Å²) >= 11 is 1.75. The Morgan fingerprint density at radius 1 is 0.450 bits per heavy atom. The van der Waals surface area contributed by atoms with Crippen LogP contribution in [0.3, 0.4) is 0 Å². The van der Waals surface area contributed by atoms with Gasteiger partial charge in [-0.3, -0.25) is 0 Å². The molecular formula is C69H59N10S+3. The largest absolute Gasteiger partial charge is 0.352 e. The molecule has 0 spiro atoms. The number of fused-ring (bicyclic) bond motifs is 7. The minimum atomic E-state index is 0.883. The van der Waals surface area contributed by atoms with Gasteiger partial charge in [0.2, 0.25) is 16.6 Å². The van der Waals surface area contributed by atoms with E-state index < -0.39 is 0 Å². The Morgan fingerprint density at radius 2 is 0.900 bits per heavy atom. The van der Waals surface area contributed by atoms with Gasteiger partial charge in [-0.15, -0.1) is 25.4 Å². The summed E-state index contributed by atoms with van der Waals surface area (Å²) in [6, 6.07) is 61.7. The summed E-state index contributed by atoms with van der Waals surface area (Å²) in [5.74, 6) is 2.69. The molecule has 15 rings (SSSR count). The van der Waals surface area contributed by atoms with Gasteiger partial charge >= 0.3 is 17.5 Å². The molecule has 11 heteroatoms. The van der Waals surface area contributed by atoms with Gasteiger partial charge in [0.25, 0.3) is 0 Å². The minimum Gasteiger partial charge on any atom is -0.351 e. The Balaban J connectivity index is 0.000000113. The number of thiophene rings is 1. The second-order valence-electron chi connectivity index (χ2n) is 21.0. The topological polar surface area (TPSA) is 93.9 Å². The van der Waals surface area contributed by atoms with E-state index in [0.29, 0.717) is 0 Å². The monoisotopic (exact) mass is 1060 g/mol. The Labute approximate surface area is 468 Å². The average Bonchev–Trinajstić information content (AvgIpc) is 4.31. The number of hydrogen-bond donors (Lipinski definition) is 0. The highest BCUT2D eigenvalue weighted by atomic mass is 32.1. The van der Waals surface area contributed by atoms with Crippen LogP contribution >= 0.6 is 11.3 Å². The normalized spacial score (nSPS) is 12.4. The number of aryl methyl sites for hydroxylation is 7. The van der Waals surface area contributed by atoms with Gasteiger partial charge in [0.15, 0.2) is 16.6 Å². The second-order valence-corrected chi connectivity index (χ2v) is 22.0. The average molecular weight is 1060 g/mol. The molecule has 0 aliphatic heterocycles. The van der Waals surface area contributed by atoms with E-state index >= 15 is 0 Å². The third kappa shape index (κ3) is 9.49. The molecule has 5 heterocycles. The van der Waals surface area contributed by atoms with Crippen molar-refractivity contribution in [2.75, 3.05) is 0 Å². The number of allylic oxidation sites excluding steroid dienone is 2. The maximum absolute atomic E-state index is 5.01. The molecule has 1 aliphatic rings. The summed E-state index contributed by atoms with van der Waals surface area (Å²) in [5.41, 5.74) is 17.7. The fourth-order valence-electron chi connectivity index (χ4n) is 11.2.